The molecule has 1 fully saturated rings. The van der Waals surface area contributed by atoms with Crippen LogP contribution in [0.5, 0.6) is 0 Å². The van der Waals surface area contributed by atoms with Crippen molar-refractivity contribution in [1.82, 2.24) is 14.9 Å². The third-order valence-electron chi connectivity index (χ3n) is 4.60. The zero-order valence-electron chi connectivity index (χ0n) is 13.3. The quantitative estimate of drug-likeness (QED) is 0.769. The van der Waals surface area contributed by atoms with Crippen molar-refractivity contribution >= 4 is 0 Å². The monoisotopic (exact) mass is 277 g/mol. The molecule has 0 spiro atoms. The zero-order chi connectivity index (χ0) is 14.2. The average molecular weight is 277 g/mol. The van der Waals surface area contributed by atoms with Crippen LogP contribution in [0.2, 0.25) is 0 Å². The first-order valence-corrected chi connectivity index (χ1v) is 8.58. The molecule has 1 aromatic rings. The highest BCUT2D eigenvalue weighted by Crippen LogP contribution is 2.27. The Morgan fingerprint density at radius 1 is 1.25 bits per heavy atom. The Morgan fingerprint density at radius 3 is 2.65 bits per heavy atom. The molecule has 0 amide bonds. The summed E-state index contributed by atoms with van der Waals surface area (Å²) in [6.45, 7) is 6.62. The number of rotatable bonds is 7. The van der Waals surface area contributed by atoms with Crippen LogP contribution in [0.25, 0.3) is 0 Å². The molecule has 0 radical (unpaired) electrons. The molecule has 20 heavy (non-hydrogen) atoms. The minimum absolute atomic E-state index is 0.608. The molecule has 0 aromatic carbocycles. The summed E-state index contributed by atoms with van der Waals surface area (Å²) in [6.07, 6.45) is 14.8. The molecule has 0 bridgehead atoms. The van der Waals surface area contributed by atoms with E-state index in [0.29, 0.717) is 6.04 Å². The lowest BCUT2D eigenvalue weighted by Crippen LogP contribution is -2.38. The van der Waals surface area contributed by atoms with E-state index < -0.39 is 0 Å². The van der Waals surface area contributed by atoms with Gasteiger partial charge in [-0.25, -0.2) is 4.98 Å². The lowest BCUT2D eigenvalue weighted by atomic mass is 9.89. The van der Waals surface area contributed by atoms with Gasteiger partial charge in [-0.05, 0) is 31.7 Å². The van der Waals surface area contributed by atoms with Crippen LogP contribution in [0.15, 0.2) is 12.4 Å². The largest absolute Gasteiger partial charge is 0.335 e. The topological polar surface area (TPSA) is 29.9 Å². The third kappa shape index (κ3) is 4.34. The fourth-order valence-electron chi connectivity index (χ4n) is 3.55. The van der Waals surface area contributed by atoms with Gasteiger partial charge in [0.2, 0.25) is 0 Å². The normalized spacial score (nSPS) is 18.9. The highest BCUT2D eigenvalue weighted by Gasteiger charge is 2.23. The molecule has 2 rings (SSSR count). The molecule has 1 aliphatic rings. The summed E-state index contributed by atoms with van der Waals surface area (Å²) in [4.78, 5) is 4.60. The fourth-order valence-corrected chi connectivity index (χ4v) is 3.55. The molecular formula is C17H31N3. The molecular weight excluding hydrogens is 246 g/mol. The fraction of sp³-hybridized carbons (Fsp3) is 0.824. The van der Waals surface area contributed by atoms with Crippen LogP contribution in [0.1, 0.15) is 64.6 Å². The molecule has 1 aliphatic carbocycles. The summed E-state index contributed by atoms with van der Waals surface area (Å²) in [5.41, 5.74) is 0. The van der Waals surface area contributed by atoms with E-state index in [-0.39, 0.29) is 0 Å². The van der Waals surface area contributed by atoms with Gasteiger partial charge in [-0.15, -0.1) is 0 Å². The Hall–Kier alpha value is -0.830. The van der Waals surface area contributed by atoms with Gasteiger partial charge in [-0.3, -0.25) is 0 Å². The lowest BCUT2D eigenvalue weighted by molar-refractivity contribution is 0.315. The molecule has 0 aliphatic heterocycles. The van der Waals surface area contributed by atoms with E-state index in [2.05, 4.69) is 34.9 Å². The molecule has 3 nitrogen and oxygen atoms in total. The maximum Gasteiger partial charge on any atom is 0.110 e. The first-order chi connectivity index (χ1) is 9.85. The molecule has 1 aromatic heterocycles. The number of hydrogen-bond donors (Lipinski definition) is 1. The predicted octanol–water partition coefficient (Wildman–Crippen LogP) is 3.78. The first-order valence-electron chi connectivity index (χ1n) is 8.58. The number of imidazole rings is 1. The van der Waals surface area contributed by atoms with Gasteiger partial charge in [-0.1, -0.05) is 39.5 Å². The van der Waals surface area contributed by atoms with Crippen molar-refractivity contribution in [1.29, 1.82) is 0 Å². The first kappa shape index (κ1) is 15.6. The van der Waals surface area contributed by atoms with E-state index in [1.165, 1.54) is 50.8 Å². The van der Waals surface area contributed by atoms with Crippen molar-refractivity contribution in [3.05, 3.63) is 18.2 Å². The van der Waals surface area contributed by atoms with Crippen molar-refractivity contribution in [2.45, 2.75) is 77.8 Å². The molecule has 1 N–H and O–H groups in total. The molecule has 1 atom stereocenters. The highest BCUT2D eigenvalue weighted by molar-refractivity contribution is 4.97. The molecule has 1 unspecified atom stereocenters. The van der Waals surface area contributed by atoms with Crippen molar-refractivity contribution < 1.29 is 0 Å². The molecule has 1 saturated carbocycles. The van der Waals surface area contributed by atoms with Crippen molar-refractivity contribution in [3.8, 4) is 0 Å². The van der Waals surface area contributed by atoms with E-state index in [9.17, 15) is 0 Å². The second kappa shape index (κ2) is 8.46. The van der Waals surface area contributed by atoms with Gasteiger partial charge in [0.15, 0.2) is 0 Å². The molecule has 114 valence electrons. The lowest BCUT2D eigenvalue weighted by Gasteiger charge is -2.27. The van der Waals surface area contributed by atoms with Crippen LogP contribution < -0.4 is 5.32 Å². The summed E-state index contributed by atoms with van der Waals surface area (Å²) in [5, 5.41) is 3.73. The van der Waals surface area contributed by atoms with Crippen LogP contribution in [0.3, 0.4) is 0 Å². The van der Waals surface area contributed by atoms with Crippen molar-refractivity contribution in [2.24, 2.45) is 5.92 Å². The van der Waals surface area contributed by atoms with Gasteiger partial charge in [0.1, 0.15) is 5.82 Å². The van der Waals surface area contributed by atoms with E-state index >= 15 is 0 Å². The number of aromatic nitrogens is 2. The Morgan fingerprint density at radius 2 is 2.00 bits per heavy atom. The maximum atomic E-state index is 4.60. The van der Waals surface area contributed by atoms with Crippen LogP contribution in [0.4, 0.5) is 0 Å². The number of hydrogen-bond acceptors (Lipinski definition) is 2. The molecule has 0 saturated heterocycles. The SMILES string of the molecule is CCCn1ccnc1CC(NCC)C1CCCCCC1. The van der Waals surface area contributed by atoms with Gasteiger partial charge < -0.3 is 9.88 Å². The molecule has 3 heteroatoms. The zero-order valence-corrected chi connectivity index (χ0v) is 13.3. The summed E-state index contributed by atoms with van der Waals surface area (Å²) in [6, 6.07) is 0.608. The number of nitrogens with zero attached hydrogens (tertiary/aromatic N) is 2. The Labute approximate surface area is 124 Å². The number of aryl methyl sites for hydroxylation is 1. The minimum Gasteiger partial charge on any atom is -0.335 e. The number of likely N-dealkylation sites (N-methyl/N-ethyl adjacent to an activating group) is 1. The summed E-state index contributed by atoms with van der Waals surface area (Å²) >= 11 is 0. The van der Waals surface area contributed by atoms with E-state index in [1.54, 1.807) is 0 Å². The summed E-state index contributed by atoms with van der Waals surface area (Å²) in [5.74, 6) is 2.10. The van der Waals surface area contributed by atoms with Crippen LogP contribution in [-0.4, -0.2) is 22.1 Å². The van der Waals surface area contributed by atoms with Gasteiger partial charge in [-0.2, -0.15) is 0 Å². The highest BCUT2D eigenvalue weighted by atomic mass is 15.1. The summed E-state index contributed by atoms with van der Waals surface area (Å²) < 4.78 is 2.33. The number of nitrogens with one attached hydrogen (secondary N) is 1. The Bertz CT molecular complexity index is 364. The van der Waals surface area contributed by atoms with Crippen LogP contribution >= 0.6 is 0 Å². The third-order valence-corrected chi connectivity index (χ3v) is 4.60. The van der Waals surface area contributed by atoms with Gasteiger partial charge in [0, 0.05) is 31.4 Å². The smallest absolute Gasteiger partial charge is 0.110 e. The van der Waals surface area contributed by atoms with Crippen LogP contribution in [0, 0.1) is 5.92 Å². The second-order valence-corrected chi connectivity index (χ2v) is 6.16. The maximum absolute atomic E-state index is 4.60. The standard InChI is InChI=1S/C17H31N3/c1-3-12-20-13-11-19-17(20)14-16(18-4-2)15-9-7-5-6-8-10-15/h11,13,15-16,18H,3-10,12,14H2,1-2H3. The Kier molecular flexibility index (Phi) is 6.58. The van der Waals surface area contributed by atoms with Crippen molar-refractivity contribution in [2.75, 3.05) is 6.54 Å². The van der Waals surface area contributed by atoms with Gasteiger partial charge >= 0.3 is 0 Å². The van der Waals surface area contributed by atoms with E-state index in [4.69, 9.17) is 0 Å². The summed E-state index contributed by atoms with van der Waals surface area (Å²) in [7, 11) is 0. The predicted molar refractivity (Wildman–Crippen MR) is 84.9 cm³/mol. The van der Waals surface area contributed by atoms with Crippen LogP contribution in [-0.2, 0) is 13.0 Å². The average Bonchev–Trinajstić information content (AvgIpc) is 2.73. The van der Waals surface area contributed by atoms with E-state index in [0.717, 1.165) is 25.4 Å². The minimum atomic E-state index is 0.608. The molecule has 1 heterocycles. The van der Waals surface area contributed by atoms with Crippen molar-refractivity contribution in [3.63, 3.8) is 0 Å². The van der Waals surface area contributed by atoms with Gasteiger partial charge in [0.05, 0.1) is 0 Å². The Balaban J connectivity index is 2.01. The second-order valence-electron chi connectivity index (χ2n) is 6.16. The van der Waals surface area contributed by atoms with E-state index in [1.807, 2.05) is 6.20 Å². The van der Waals surface area contributed by atoms with Gasteiger partial charge in [0.25, 0.3) is 0 Å².